The van der Waals surface area contributed by atoms with Crippen molar-refractivity contribution in [1.29, 1.82) is 0 Å². The van der Waals surface area contributed by atoms with E-state index in [9.17, 15) is 19.2 Å². The summed E-state index contributed by atoms with van der Waals surface area (Å²) in [7, 11) is 0. The summed E-state index contributed by atoms with van der Waals surface area (Å²) >= 11 is 4.79. The summed E-state index contributed by atoms with van der Waals surface area (Å²) in [5, 5.41) is 30.8. The number of carbonyl (C=O) groups excluding carboxylic acids is 1. The van der Waals surface area contributed by atoms with Gasteiger partial charge in [0.2, 0.25) is 5.91 Å². The van der Waals surface area contributed by atoms with Crippen molar-refractivity contribution in [3.63, 3.8) is 0 Å². The highest BCUT2D eigenvalue weighted by atomic mass is 32.1. The average Bonchev–Trinajstić information content (AvgIpc) is 2.38. The van der Waals surface area contributed by atoms with Crippen LogP contribution in [0.5, 0.6) is 0 Å². The monoisotopic (exact) mass is 335 g/mol. The molecule has 7 N–H and O–H groups in total. The molecule has 0 aliphatic rings. The third kappa shape index (κ3) is 8.68. The van der Waals surface area contributed by atoms with Crippen LogP contribution in [-0.2, 0) is 19.2 Å². The lowest BCUT2D eigenvalue weighted by molar-refractivity contribution is -0.141. The molecule has 0 fully saturated rings. The Bertz CT molecular complexity index is 429. The minimum absolute atomic E-state index is 0.126. The molecule has 0 aliphatic carbocycles. The number of aliphatic carboxylic acids is 3. The molecule has 11 heteroatoms. The minimum Gasteiger partial charge on any atom is -0.481 e. The summed E-state index contributed by atoms with van der Waals surface area (Å²) < 4.78 is 0. The first-order chi connectivity index (χ1) is 10.1. The second kappa shape index (κ2) is 9.50. The summed E-state index contributed by atoms with van der Waals surface area (Å²) in [6, 6.07) is -2.50. The second-order valence-electron chi connectivity index (χ2n) is 4.34. The van der Waals surface area contributed by atoms with Gasteiger partial charge in [0.05, 0.1) is 0 Å². The first-order valence-electron chi connectivity index (χ1n) is 6.16. The molecule has 0 aromatic carbocycles. The standard InChI is InChI=1S/C11H17N3O7S/c12-7(15)3-1-5(9(18)19)13-11(22)14-6(10(20)21)2-4-8(16)17/h5-6H,1-4H2,(H2,12,15)(H,16,17)(H,18,19)(H,20,21)(H2,13,14,22). The molecule has 0 heterocycles. The lowest BCUT2D eigenvalue weighted by Crippen LogP contribution is -2.51. The largest absolute Gasteiger partial charge is 0.481 e. The van der Waals surface area contributed by atoms with Crippen LogP contribution in [0.25, 0.3) is 0 Å². The maximum atomic E-state index is 11.0. The van der Waals surface area contributed by atoms with Crippen molar-refractivity contribution in [2.45, 2.75) is 37.8 Å². The van der Waals surface area contributed by atoms with E-state index in [0.29, 0.717) is 0 Å². The first-order valence-corrected chi connectivity index (χ1v) is 6.57. The lowest BCUT2D eigenvalue weighted by atomic mass is 10.1. The third-order valence-electron chi connectivity index (χ3n) is 2.53. The van der Waals surface area contributed by atoms with Gasteiger partial charge in [0.15, 0.2) is 5.11 Å². The molecule has 10 nitrogen and oxygen atoms in total. The van der Waals surface area contributed by atoms with Gasteiger partial charge in [-0.05, 0) is 25.1 Å². The number of hydrogen-bond acceptors (Lipinski definition) is 5. The number of carbonyl (C=O) groups is 4. The smallest absolute Gasteiger partial charge is 0.326 e. The van der Waals surface area contributed by atoms with E-state index in [-0.39, 0.29) is 24.4 Å². The van der Waals surface area contributed by atoms with Crippen LogP contribution in [0.1, 0.15) is 25.7 Å². The minimum atomic E-state index is -1.32. The molecule has 0 bridgehead atoms. The molecule has 0 aromatic rings. The topological polar surface area (TPSA) is 179 Å². The predicted octanol–water partition coefficient (Wildman–Crippen LogP) is -1.51. The van der Waals surface area contributed by atoms with E-state index in [4.69, 9.17) is 33.3 Å². The quantitative estimate of drug-likeness (QED) is 0.257. The number of thiocarbonyl (C=S) groups is 1. The second-order valence-corrected chi connectivity index (χ2v) is 4.75. The zero-order valence-electron chi connectivity index (χ0n) is 11.4. The predicted molar refractivity (Wildman–Crippen MR) is 77.0 cm³/mol. The molecule has 1 amide bonds. The molecule has 2 unspecified atom stereocenters. The van der Waals surface area contributed by atoms with Crippen LogP contribution in [0.15, 0.2) is 0 Å². The van der Waals surface area contributed by atoms with Crippen molar-refractivity contribution in [1.82, 2.24) is 10.6 Å². The number of carboxylic acid groups (broad SMARTS) is 3. The van der Waals surface area contributed by atoms with Crippen LogP contribution in [0, 0.1) is 0 Å². The Kier molecular flexibility index (Phi) is 8.45. The fourth-order valence-electron chi connectivity index (χ4n) is 1.43. The van der Waals surface area contributed by atoms with Crippen molar-refractivity contribution < 1.29 is 34.5 Å². The zero-order chi connectivity index (χ0) is 17.3. The number of amides is 1. The average molecular weight is 335 g/mol. The lowest BCUT2D eigenvalue weighted by Gasteiger charge is -2.20. The molecule has 2 atom stereocenters. The number of rotatable bonds is 10. The van der Waals surface area contributed by atoms with Crippen LogP contribution in [0.4, 0.5) is 0 Å². The van der Waals surface area contributed by atoms with Gasteiger partial charge >= 0.3 is 17.9 Å². The van der Waals surface area contributed by atoms with Gasteiger partial charge in [-0.15, -0.1) is 0 Å². The van der Waals surface area contributed by atoms with Crippen LogP contribution in [0.3, 0.4) is 0 Å². The zero-order valence-corrected chi connectivity index (χ0v) is 12.3. The van der Waals surface area contributed by atoms with E-state index in [0.717, 1.165) is 0 Å². The Morgan fingerprint density at radius 1 is 0.909 bits per heavy atom. The molecule has 22 heavy (non-hydrogen) atoms. The van der Waals surface area contributed by atoms with Gasteiger partial charge in [-0.1, -0.05) is 0 Å². The molecule has 0 aliphatic heterocycles. The fraction of sp³-hybridized carbons (Fsp3) is 0.545. The number of hydrogen-bond donors (Lipinski definition) is 6. The van der Waals surface area contributed by atoms with Gasteiger partial charge < -0.3 is 31.7 Å². The summed E-state index contributed by atoms with van der Waals surface area (Å²) in [5.41, 5.74) is 4.92. The highest BCUT2D eigenvalue weighted by molar-refractivity contribution is 7.80. The Labute approximate surface area is 130 Å². The molecule has 0 saturated heterocycles. The van der Waals surface area contributed by atoms with Crippen molar-refractivity contribution >= 4 is 41.1 Å². The number of nitrogens with two attached hydrogens (primary N) is 1. The number of carboxylic acids is 3. The first kappa shape index (κ1) is 19.6. The van der Waals surface area contributed by atoms with Crippen molar-refractivity contribution in [2.75, 3.05) is 0 Å². The van der Waals surface area contributed by atoms with Crippen molar-refractivity contribution in [3.8, 4) is 0 Å². The van der Waals surface area contributed by atoms with E-state index in [1.807, 2.05) is 0 Å². The van der Waals surface area contributed by atoms with Crippen molar-refractivity contribution in [3.05, 3.63) is 0 Å². The highest BCUT2D eigenvalue weighted by Crippen LogP contribution is 2.00. The van der Waals surface area contributed by atoms with E-state index in [1.54, 1.807) is 0 Å². The molecule has 0 spiro atoms. The highest BCUT2D eigenvalue weighted by Gasteiger charge is 2.23. The summed E-state index contributed by atoms with van der Waals surface area (Å²) in [5.74, 6) is -4.47. The van der Waals surface area contributed by atoms with E-state index < -0.39 is 42.3 Å². The van der Waals surface area contributed by atoms with Gasteiger partial charge in [0, 0.05) is 12.8 Å². The van der Waals surface area contributed by atoms with Crippen LogP contribution < -0.4 is 16.4 Å². The Morgan fingerprint density at radius 3 is 1.64 bits per heavy atom. The molecular weight excluding hydrogens is 318 g/mol. The van der Waals surface area contributed by atoms with Crippen LogP contribution >= 0.6 is 12.2 Å². The molecule has 0 radical (unpaired) electrons. The van der Waals surface area contributed by atoms with Gasteiger partial charge in [-0.25, -0.2) is 9.59 Å². The van der Waals surface area contributed by atoms with Gasteiger partial charge in [-0.2, -0.15) is 0 Å². The molecule has 124 valence electrons. The Morgan fingerprint density at radius 2 is 1.32 bits per heavy atom. The summed E-state index contributed by atoms with van der Waals surface area (Å²) in [6.45, 7) is 0. The van der Waals surface area contributed by atoms with E-state index in [1.165, 1.54) is 0 Å². The maximum absolute atomic E-state index is 11.0. The van der Waals surface area contributed by atoms with Gasteiger partial charge in [0.25, 0.3) is 0 Å². The third-order valence-corrected chi connectivity index (χ3v) is 2.77. The molecule has 0 saturated carbocycles. The number of nitrogens with one attached hydrogen (secondary N) is 2. The normalized spacial score (nSPS) is 12.7. The SMILES string of the molecule is NC(=O)CCC(NC(=S)NC(CCC(=O)O)C(=O)O)C(=O)O. The van der Waals surface area contributed by atoms with E-state index in [2.05, 4.69) is 10.6 Å². The fourth-order valence-corrected chi connectivity index (χ4v) is 1.71. The maximum Gasteiger partial charge on any atom is 0.326 e. The van der Waals surface area contributed by atoms with Crippen molar-refractivity contribution in [2.24, 2.45) is 5.73 Å². The Balaban J connectivity index is 4.57. The summed E-state index contributed by atoms with van der Waals surface area (Å²) in [6.07, 6.45) is -0.935. The molecule has 0 rings (SSSR count). The summed E-state index contributed by atoms with van der Waals surface area (Å²) in [4.78, 5) is 43.0. The Hall–Kier alpha value is -2.43. The molecule has 0 aromatic heterocycles. The number of primary amides is 1. The van der Waals surface area contributed by atoms with Crippen LogP contribution in [-0.4, -0.2) is 56.3 Å². The van der Waals surface area contributed by atoms with Gasteiger partial charge in [0.1, 0.15) is 12.1 Å². The molecular formula is C11H17N3O7S. The van der Waals surface area contributed by atoms with Gasteiger partial charge in [-0.3, -0.25) is 9.59 Å². The van der Waals surface area contributed by atoms with E-state index >= 15 is 0 Å². The van der Waals surface area contributed by atoms with Crippen LogP contribution in [0.2, 0.25) is 0 Å².